The van der Waals surface area contributed by atoms with Crippen LogP contribution in [-0.4, -0.2) is 35.8 Å². The number of Topliss-reactive ketones (excluding diaryl/α,β-unsaturated/α-hetero) is 1. The molecule has 2 bridgehead atoms. The molecule has 7 nitrogen and oxygen atoms in total. The van der Waals surface area contributed by atoms with E-state index in [4.69, 9.17) is 4.55 Å². The third-order valence-corrected chi connectivity index (χ3v) is 7.62. The van der Waals surface area contributed by atoms with Crippen LogP contribution in [0.2, 0.25) is 0 Å². The van der Waals surface area contributed by atoms with Crippen molar-refractivity contribution in [2.75, 3.05) is 0 Å². The van der Waals surface area contributed by atoms with Gasteiger partial charge in [-0.05, 0) is 36.3 Å². The molecule has 2 amide bonds. The SMILES string of the molecule is CC12CCC(C(S(=O)(=O)O)C1=O)C2(C)C.O=C1NC(=O)c2ccccc21. The fraction of sp³-hybridized carbons (Fsp3) is 0.500. The molecule has 0 aromatic heterocycles. The molecular formula is C18H21NO6S. The van der Waals surface area contributed by atoms with Gasteiger partial charge in [-0.1, -0.05) is 32.9 Å². The van der Waals surface area contributed by atoms with Gasteiger partial charge >= 0.3 is 0 Å². The summed E-state index contributed by atoms with van der Waals surface area (Å²) in [5, 5.41) is 1.02. The highest BCUT2D eigenvalue weighted by atomic mass is 32.2. The van der Waals surface area contributed by atoms with Gasteiger partial charge in [0.1, 0.15) is 5.25 Å². The van der Waals surface area contributed by atoms with Crippen LogP contribution in [0.25, 0.3) is 0 Å². The molecule has 2 fully saturated rings. The fourth-order valence-corrected chi connectivity index (χ4v) is 5.89. The smallest absolute Gasteiger partial charge is 0.275 e. The van der Waals surface area contributed by atoms with Crippen molar-refractivity contribution in [3.63, 3.8) is 0 Å². The van der Waals surface area contributed by atoms with E-state index >= 15 is 0 Å². The van der Waals surface area contributed by atoms with Gasteiger partial charge in [-0.3, -0.25) is 24.3 Å². The highest BCUT2D eigenvalue weighted by molar-refractivity contribution is 7.87. The molecule has 3 aliphatic rings. The van der Waals surface area contributed by atoms with E-state index in [0.717, 1.165) is 6.42 Å². The minimum atomic E-state index is -4.24. The monoisotopic (exact) mass is 379 g/mol. The molecule has 2 aliphatic carbocycles. The van der Waals surface area contributed by atoms with Gasteiger partial charge in [0, 0.05) is 5.41 Å². The molecule has 26 heavy (non-hydrogen) atoms. The molecule has 1 aromatic carbocycles. The van der Waals surface area contributed by atoms with E-state index in [2.05, 4.69) is 5.32 Å². The number of nitrogens with one attached hydrogen (secondary N) is 1. The third-order valence-electron chi connectivity index (χ3n) is 6.44. The average molecular weight is 379 g/mol. The van der Waals surface area contributed by atoms with Crippen LogP contribution in [0.5, 0.6) is 0 Å². The zero-order valence-corrected chi connectivity index (χ0v) is 15.6. The van der Waals surface area contributed by atoms with E-state index in [-0.39, 0.29) is 28.9 Å². The molecule has 8 heteroatoms. The zero-order chi connectivity index (χ0) is 19.5. The standard InChI is InChI=1S/C10H16O4S.C8H5NO2/c1-9(2)6-4-5-10(9,3)8(11)7(6)15(12,13)14;10-7-5-3-1-2-4-6(5)8(11)9-7/h6-7H,4-5H2,1-3H3,(H,12,13,14);1-4H,(H,9,10,11). The Bertz CT molecular complexity index is 886. The average Bonchev–Trinajstić information content (AvgIpc) is 3.01. The van der Waals surface area contributed by atoms with Crippen molar-refractivity contribution < 1.29 is 27.4 Å². The van der Waals surface area contributed by atoms with Gasteiger partial charge in [0.15, 0.2) is 5.78 Å². The van der Waals surface area contributed by atoms with Crippen molar-refractivity contribution in [3.05, 3.63) is 35.4 Å². The first kappa shape index (κ1) is 18.7. The van der Waals surface area contributed by atoms with Crippen LogP contribution in [0, 0.1) is 16.7 Å². The molecule has 4 rings (SSSR count). The maximum Gasteiger partial charge on any atom is 0.275 e. The second kappa shape index (κ2) is 5.72. The quantitative estimate of drug-likeness (QED) is 0.568. The summed E-state index contributed by atoms with van der Waals surface area (Å²) in [6, 6.07) is 6.74. The first-order chi connectivity index (χ1) is 11.9. The molecule has 1 aromatic rings. The molecule has 2 N–H and O–H groups in total. The number of fused-ring (bicyclic) bond motifs is 3. The molecule has 0 radical (unpaired) electrons. The minimum absolute atomic E-state index is 0.231. The summed E-state index contributed by atoms with van der Waals surface area (Å²) in [6.07, 6.45) is 1.44. The Morgan fingerprint density at radius 2 is 1.54 bits per heavy atom. The number of carbonyl (C=O) groups is 3. The largest absolute Gasteiger partial charge is 0.297 e. The lowest BCUT2D eigenvalue weighted by molar-refractivity contribution is -0.128. The maximum atomic E-state index is 12.0. The second-order valence-corrected chi connectivity index (χ2v) is 9.37. The summed E-state index contributed by atoms with van der Waals surface area (Å²) >= 11 is 0. The molecule has 1 heterocycles. The third kappa shape index (κ3) is 2.51. The molecule has 0 saturated heterocycles. The number of rotatable bonds is 1. The molecule has 2 saturated carbocycles. The van der Waals surface area contributed by atoms with Gasteiger partial charge < -0.3 is 0 Å². The number of hydrogen-bond donors (Lipinski definition) is 2. The molecule has 1 aliphatic heterocycles. The Balaban J connectivity index is 0.000000158. The van der Waals surface area contributed by atoms with Crippen LogP contribution < -0.4 is 5.32 Å². The number of imide groups is 1. The van der Waals surface area contributed by atoms with Crippen LogP contribution in [-0.2, 0) is 14.9 Å². The lowest BCUT2D eigenvalue weighted by Crippen LogP contribution is -2.38. The Kier molecular flexibility index (Phi) is 4.12. The predicted molar refractivity (Wildman–Crippen MR) is 93.2 cm³/mol. The first-order valence-electron chi connectivity index (χ1n) is 8.36. The topological polar surface area (TPSA) is 118 Å². The van der Waals surface area contributed by atoms with Crippen LogP contribution >= 0.6 is 0 Å². The van der Waals surface area contributed by atoms with Gasteiger partial charge in [-0.2, -0.15) is 8.42 Å². The predicted octanol–water partition coefficient (Wildman–Crippen LogP) is 1.84. The van der Waals surface area contributed by atoms with Gasteiger partial charge in [-0.15, -0.1) is 0 Å². The Labute approximate surface area is 151 Å². The van der Waals surface area contributed by atoms with Gasteiger partial charge in [0.25, 0.3) is 21.9 Å². The maximum absolute atomic E-state index is 12.0. The van der Waals surface area contributed by atoms with E-state index < -0.39 is 20.8 Å². The van der Waals surface area contributed by atoms with Crippen molar-refractivity contribution in [1.29, 1.82) is 0 Å². The lowest BCUT2D eigenvalue weighted by Gasteiger charge is -2.32. The van der Waals surface area contributed by atoms with E-state index in [1.54, 1.807) is 24.3 Å². The highest BCUT2D eigenvalue weighted by Gasteiger charge is 2.69. The molecule has 0 spiro atoms. The van der Waals surface area contributed by atoms with E-state index in [9.17, 15) is 22.8 Å². The van der Waals surface area contributed by atoms with E-state index in [1.807, 2.05) is 20.8 Å². The zero-order valence-electron chi connectivity index (χ0n) is 14.8. The number of amides is 2. The lowest BCUT2D eigenvalue weighted by atomic mass is 9.70. The summed E-state index contributed by atoms with van der Waals surface area (Å²) in [4.78, 5) is 33.9. The highest BCUT2D eigenvalue weighted by Crippen LogP contribution is 2.64. The molecule has 140 valence electrons. The van der Waals surface area contributed by atoms with Crippen molar-refractivity contribution in [3.8, 4) is 0 Å². The van der Waals surface area contributed by atoms with E-state index in [1.165, 1.54) is 0 Å². The van der Waals surface area contributed by atoms with Crippen molar-refractivity contribution in [1.82, 2.24) is 5.32 Å². The Hall–Kier alpha value is -2.06. The number of hydrogen-bond acceptors (Lipinski definition) is 5. The summed E-state index contributed by atoms with van der Waals surface area (Å²) < 4.78 is 31.5. The Morgan fingerprint density at radius 1 is 1.04 bits per heavy atom. The summed E-state index contributed by atoms with van der Waals surface area (Å²) in [6.45, 7) is 5.67. The number of benzene rings is 1. The molecule has 3 unspecified atom stereocenters. The number of carbonyl (C=O) groups excluding carboxylic acids is 3. The van der Waals surface area contributed by atoms with Crippen LogP contribution in [0.4, 0.5) is 0 Å². The minimum Gasteiger partial charge on any atom is -0.297 e. The van der Waals surface area contributed by atoms with Crippen molar-refractivity contribution in [2.24, 2.45) is 16.7 Å². The number of ketones is 1. The van der Waals surface area contributed by atoms with Crippen molar-refractivity contribution >= 4 is 27.7 Å². The summed E-state index contributed by atoms with van der Waals surface area (Å²) in [5.74, 6) is -1.13. The van der Waals surface area contributed by atoms with Crippen LogP contribution in [0.15, 0.2) is 24.3 Å². The Morgan fingerprint density at radius 3 is 1.88 bits per heavy atom. The summed E-state index contributed by atoms with van der Waals surface area (Å²) in [5.41, 5.74) is 0.0258. The van der Waals surface area contributed by atoms with Crippen LogP contribution in [0.3, 0.4) is 0 Å². The van der Waals surface area contributed by atoms with Crippen LogP contribution in [0.1, 0.15) is 54.3 Å². The van der Waals surface area contributed by atoms with Crippen molar-refractivity contribution in [2.45, 2.75) is 38.9 Å². The van der Waals surface area contributed by atoms with E-state index in [0.29, 0.717) is 17.5 Å². The van der Waals surface area contributed by atoms with Gasteiger partial charge in [0.05, 0.1) is 11.1 Å². The normalized spacial score (nSPS) is 31.3. The second-order valence-electron chi connectivity index (χ2n) is 7.83. The fourth-order valence-electron chi connectivity index (χ4n) is 4.46. The summed E-state index contributed by atoms with van der Waals surface area (Å²) in [7, 11) is -4.24. The van der Waals surface area contributed by atoms with Gasteiger partial charge in [-0.25, -0.2) is 0 Å². The first-order valence-corrected chi connectivity index (χ1v) is 9.87. The molecular weight excluding hydrogens is 358 g/mol. The van der Waals surface area contributed by atoms with Gasteiger partial charge in [0.2, 0.25) is 0 Å². The molecule has 3 atom stereocenters.